The fourth-order valence-electron chi connectivity index (χ4n) is 3.67. The van der Waals surface area contributed by atoms with Gasteiger partial charge < -0.3 is 4.90 Å². The van der Waals surface area contributed by atoms with Crippen LogP contribution in [0.4, 0.5) is 4.39 Å². The summed E-state index contributed by atoms with van der Waals surface area (Å²) in [6, 6.07) is 5.95. The molecule has 2 fully saturated rings. The lowest BCUT2D eigenvalue weighted by molar-refractivity contribution is 0.0763. The number of hydrogen-bond donors (Lipinski definition) is 0. The maximum Gasteiger partial charge on any atom is 0.169 e. The summed E-state index contributed by atoms with van der Waals surface area (Å²) in [5, 5.41) is 0. The Morgan fingerprint density at radius 2 is 1.89 bits per heavy atom. The number of ketones is 1. The fourth-order valence-corrected chi connectivity index (χ4v) is 3.67. The highest BCUT2D eigenvalue weighted by Gasteiger charge is 2.41. The molecule has 2 atom stereocenters. The summed E-state index contributed by atoms with van der Waals surface area (Å²) < 4.78 is 13.9. The van der Waals surface area contributed by atoms with Crippen molar-refractivity contribution < 1.29 is 9.18 Å². The first kappa shape index (κ1) is 12.8. The quantitative estimate of drug-likeness (QED) is 0.762. The minimum absolute atomic E-state index is 0.00231. The van der Waals surface area contributed by atoms with Crippen molar-refractivity contribution in [2.75, 3.05) is 7.05 Å². The summed E-state index contributed by atoms with van der Waals surface area (Å²) in [6.45, 7) is 1.84. The van der Waals surface area contributed by atoms with Crippen LogP contribution in [0.25, 0.3) is 0 Å². The number of piperidine rings is 1. The van der Waals surface area contributed by atoms with E-state index in [-0.39, 0.29) is 23.1 Å². The van der Waals surface area contributed by atoms with E-state index in [1.807, 2.05) is 13.0 Å². The van der Waals surface area contributed by atoms with Crippen molar-refractivity contribution in [1.29, 1.82) is 0 Å². The topological polar surface area (TPSA) is 20.3 Å². The number of benzene rings is 1. The van der Waals surface area contributed by atoms with Crippen LogP contribution in [0.5, 0.6) is 0 Å². The van der Waals surface area contributed by atoms with Crippen molar-refractivity contribution >= 4 is 5.78 Å². The fraction of sp³-hybridized carbons (Fsp3) is 0.562. The number of nitrogens with zero attached hydrogens (tertiary/aromatic N) is 1. The molecule has 2 nitrogen and oxygen atoms in total. The van der Waals surface area contributed by atoms with Gasteiger partial charge in [-0.15, -0.1) is 0 Å². The van der Waals surface area contributed by atoms with Crippen LogP contribution in [0.2, 0.25) is 0 Å². The second-order valence-corrected chi connectivity index (χ2v) is 6.07. The number of rotatable bonds is 2. The number of carbonyl (C=O) groups is 1. The third-order valence-electron chi connectivity index (χ3n) is 4.86. The molecule has 2 aliphatic heterocycles. The third kappa shape index (κ3) is 2.20. The minimum Gasteiger partial charge on any atom is -0.300 e. The van der Waals surface area contributed by atoms with Gasteiger partial charge in [-0.1, -0.05) is 6.07 Å². The zero-order chi connectivity index (χ0) is 13.6. The van der Waals surface area contributed by atoms with Gasteiger partial charge in [0.2, 0.25) is 0 Å². The van der Waals surface area contributed by atoms with Crippen LogP contribution < -0.4 is 0 Å². The van der Waals surface area contributed by atoms with Crippen LogP contribution in [0.15, 0.2) is 18.2 Å². The highest BCUT2D eigenvalue weighted by Crippen LogP contribution is 2.38. The van der Waals surface area contributed by atoms with Crippen molar-refractivity contribution in [3.63, 3.8) is 0 Å². The molecule has 0 aliphatic carbocycles. The standard InChI is InChI=1S/C16H20FNO/c1-10-3-6-14(15(17)7-10)16(19)11-8-12-4-5-13(9-11)18(12)2/h3,6-7,11-13H,4-5,8-9H2,1-2H3. The number of carbonyl (C=O) groups excluding carboxylic acids is 1. The average Bonchev–Trinajstić information content (AvgIpc) is 2.61. The van der Waals surface area contributed by atoms with Gasteiger partial charge in [0, 0.05) is 18.0 Å². The smallest absolute Gasteiger partial charge is 0.169 e. The summed E-state index contributed by atoms with van der Waals surface area (Å²) in [5.74, 6) is -0.357. The molecule has 3 heteroatoms. The van der Waals surface area contributed by atoms with Crippen LogP contribution in [0, 0.1) is 18.7 Å². The molecule has 2 bridgehead atoms. The summed E-state index contributed by atoms with van der Waals surface area (Å²) in [6.07, 6.45) is 4.14. The Labute approximate surface area is 113 Å². The highest BCUT2D eigenvalue weighted by molar-refractivity contribution is 5.98. The van der Waals surface area contributed by atoms with Gasteiger partial charge in [0.15, 0.2) is 5.78 Å². The second-order valence-electron chi connectivity index (χ2n) is 6.07. The summed E-state index contributed by atoms with van der Waals surface area (Å²) in [7, 11) is 2.15. The van der Waals surface area contributed by atoms with Gasteiger partial charge in [0.1, 0.15) is 5.82 Å². The molecule has 2 saturated heterocycles. The molecule has 0 spiro atoms. The van der Waals surface area contributed by atoms with E-state index in [2.05, 4.69) is 11.9 Å². The van der Waals surface area contributed by atoms with Crippen LogP contribution >= 0.6 is 0 Å². The first-order valence-corrected chi connectivity index (χ1v) is 7.08. The number of hydrogen-bond acceptors (Lipinski definition) is 2. The van der Waals surface area contributed by atoms with Crippen LogP contribution in [0.3, 0.4) is 0 Å². The predicted molar refractivity (Wildman–Crippen MR) is 72.8 cm³/mol. The van der Waals surface area contributed by atoms with E-state index in [9.17, 15) is 9.18 Å². The second kappa shape index (κ2) is 4.71. The Morgan fingerprint density at radius 1 is 1.26 bits per heavy atom. The molecular weight excluding hydrogens is 241 g/mol. The molecule has 19 heavy (non-hydrogen) atoms. The molecule has 0 saturated carbocycles. The van der Waals surface area contributed by atoms with Crippen LogP contribution in [-0.4, -0.2) is 29.8 Å². The number of fused-ring (bicyclic) bond motifs is 2. The molecule has 1 aromatic carbocycles. The Balaban J connectivity index is 1.81. The third-order valence-corrected chi connectivity index (χ3v) is 4.86. The highest BCUT2D eigenvalue weighted by atomic mass is 19.1. The first-order valence-electron chi connectivity index (χ1n) is 7.08. The zero-order valence-electron chi connectivity index (χ0n) is 11.5. The Kier molecular flexibility index (Phi) is 3.17. The van der Waals surface area contributed by atoms with Crippen molar-refractivity contribution in [3.8, 4) is 0 Å². The van der Waals surface area contributed by atoms with E-state index in [1.54, 1.807) is 6.07 Å². The first-order chi connectivity index (χ1) is 9.06. The van der Waals surface area contributed by atoms with Crippen molar-refractivity contribution in [2.45, 2.75) is 44.7 Å². The van der Waals surface area contributed by atoms with Crippen molar-refractivity contribution in [3.05, 3.63) is 35.1 Å². The molecule has 0 amide bonds. The van der Waals surface area contributed by atoms with E-state index in [4.69, 9.17) is 0 Å². The van der Waals surface area contributed by atoms with Crippen LogP contribution in [-0.2, 0) is 0 Å². The zero-order valence-corrected chi connectivity index (χ0v) is 11.5. The number of Topliss-reactive ketones (excluding diaryl/α,β-unsaturated/α-hetero) is 1. The van der Waals surface area contributed by atoms with Gasteiger partial charge in [0.25, 0.3) is 0 Å². The van der Waals surface area contributed by atoms with Crippen molar-refractivity contribution in [2.24, 2.45) is 5.92 Å². The van der Waals surface area contributed by atoms with Gasteiger partial charge in [-0.3, -0.25) is 4.79 Å². The summed E-state index contributed by atoms with van der Waals surface area (Å²) >= 11 is 0. The number of halogens is 1. The lowest BCUT2D eigenvalue weighted by Gasteiger charge is -2.35. The lowest BCUT2D eigenvalue weighted by Crippen LogP contribution is -2.42. The largest absolute Gasteiger partial charge is 0.300 e. The van der Waals surface area contributed by atoms with Gasteiger partial charge in [-0.2, -0.15) is 0 Å². The van der Waals surface area contributed by atoms with E-state index in [0.29, 0.717) is 12.1 Å². The van der Waals surface area contributed by atoms with Gasteiger partial charge in [-0.25, -0.2) is 4.39 Å². The van der Waals surface area contributed by atoms with Crippen molar-refractivity contribution in [1.82, 2.24) is 4.90 Å². The van der Waals surface area contributed by atoms with E-state index >= 15 is 0 Å². The van der Waals surface area contributed by atoms with Gasteiger partial charge >= 0.3 is 0 Å². The SMILES string of the molecule is Cc1ccc(C(=O)C2CC3CCC(C2)N3C)c(F)c1. The summed E-state index contributed by atoms with van der Waals surface area (Å²) in [4.78, 5) is 14.9. The molecule has 3 rings (SSSR count). The van der Waals surface area contributed by atoms with E-state index in [0.717, 1.165) is 18.4 Å². The Bertz CT molecular complexity index is 499. The molecule has 0 radical (unpaired) electrons. The summed E-state index contributed by atoms with van der Waals surface area (Å²) in [5.41, 5.74) is 1.14. The maximum absolute atomic E-state index is 13.9. The lowest BCUT2D eigenvalue weighted by atomic mass is 9.84. The van der Waals surface area contributed by atoms with E-state index in [1.165, 1.54) is 18.9 Å². The molecule has 2 unspecified atom stereocenters. The molecule has 0 N–H and O–H groups in total. The van der Waals surface area contributed by atoms with E-state index < -0.39 is 0 Å². The van der Waals surface area contributed by atoms with Gasteiger partial charge in [-0.05, 0) is 57.4 Å². The molecule has 2 heterocycles. The van der Waals surface area contributed by atoms with Gasteiger partial charge in [0.05, 0.1) is 5.56 Å². The molecular formula is C16H20FNO. The Morgan fingerprint density at radius 3 is 2.47 bits per heavy atom. The molecule has 2 aliphatic rings. The molecule has 102 valence electrons. The normalized spacial score (nSPS) is 30.6. The average molecular weight is 261 g/mol. The maximum atomic E-state index is 13.9. The molecule has 1 aromatic rings. The Hall–Kier alpha value is -1.22. The minimum atomic E-state index is -0.365. The molecule has 0 aromatic heterocycles. The number of aryl methyl sites for hydroxylation is 1. The van der Waals surface area contributed by atoms with Crippen LogP contribution in [0.1, 0.15) is 41.6 Å². The predicted octanol–water partition coefficient (Wildman–Crippen LogP) is 3.19. The monoisotopic (exact) mass is 261 g/mol.